The van der Waals surface area contributed by atoms with Crippen molar-refractivity contribution in [2.45, 2.75) is 29.9 Å². The van der Waals surface area contributed by atoms with Crippen molar-refractivity contribution in [2.75, 3.05) is 0 Å². The van der Waals surface area contributed by atoms with Crippen LogP contribution in [0.3, 0.4) is 0 Å². The molecular weight excluding hydrogens is 283 g/mol. The summed E-state index contributed by atoms with van der Waals surface area (Å²) in [5.41, 5.74) is 1.84. The summed E-state index contributed by atoms with van der Waals surface area (Å²) in [6, 6.07) is 6.51. The van der Waals surface area contributed by atoms with E-state index >= 15 is 0 Å². The van der Waals surface area contributed by atoms with E-state index in [1.165, 1.54) is 23.9 Å². The van der Waals surface area contributed by atoms with Crippen molar-refractivity contribution < 1.29 is 4.39 Å². The summed E-state index contributed by atoms with van der Waals surface area (Å²) in [7, 11) is 0. The van der Waals surface area contributed by atoms with Gasteiger partial charge in [-0.15, -0.1) is 23.4 Å². The number of alkyl halides is 1. The van der Waals surface area contributed by atoms with Gasteiger partial charge in [-0.1, -0.05) is 6.07 Å². The van der Waals surface area contributed by atoms with E-state index in [2.05, 4.69) is 9.97 Å². The van der Waals surface area contributed by atoms with Crippen LogP contribution in [0.25, 0.3) is 0 Å². The number of thioether (sulfide) groups is 1. The lowest BCUT2D eigenvalue weighted by molar-refractivity contribution is 0.624. The van der Waals surface area contributed by atoms with E-state index in [1.807, 2.05) is 19.9 Å². The second-order valence-corrected chi connectivity index (χ2v) is 5.89. The first kappa shape index (κ1) is 14.3. The summed E-state index contributed by atoms with van der Waals surface area (Å²) in [5.74, 6) is 1.11. The van der Waals surface area contributed by atoms with Gasteiger partial charge in [-0.25, -0.2) is 14.4 Å². The quantitative estimate of drug-likeness (QED) is 0.613. The van der Waals surface area contributed by atoms with Gasteiger partial charge in [0.05, 0.1) is 11.1 Å². The average Bonchev–Trinajstić information content (AvgIpc) is 2.36. The summed E-state index contributed by atoms with van der Waals surface area (Å²) in [6.07, 6.45) is 1.77. The summed E-state index contributed by atoms with van der Waals surface area (Å²) in [4.78, 5) is 9.58. The molecule has 2 nitrogen and oxygen atoms in total. The molecule has 1 aromatic heterocycles. The Balaban J connectivity index is 2.06. The number of hydrogen-bond acceptors (Lipinski definition) is 3. The summed E-state index contributed by atoms with van der Waals surface area (Å²) in [5, 5.41) is -0.0927. The molecule has 2 aromatic rings. The molecule has 0 fully saturated rings. The second-order valence-electron chi connectivity index (χ2n) is 4.19. The van der Waals surface area contributed by atoms with E-state index in [1.54, 1.807) is 12.3 Å². The Morgan fingerprint density at radius 1 is 1.42 bits per heavy atom. The SMILES string of the molecule is Cc1nc(CSc2cccc(F)c2)ncc1C(C)Cl. The molecule has 0 N–H and O–H groups in total. The molecule has 0 aliphatic carbocycles. The molecule has 1 aromatic carbocycles. The number of hydrogen-bond donors (Lipinski definition) is 0. The van der Waals surface area contributed by atoms with Crippen molar-refractivity contribution in [3.05, 3.63) is 53.4 Å². The Morgan fingerprint density at radius 3 is 2.84 bits per heavy atom. The van der Waals surface area contributed by atoms with Crippen molar-refractivity contribution in [3.8, 4) is 0 Å². The highest BCUT2D eigenvalue weighted by Crippen LogP contribution is 2.24. The molecule has 0 radical (unpaired) electrons. The Hall–Kier alpha value is -1.13. The fourth-order valence-corrected chi connectivity index (χ4v) is 2.71. The van der Waals surface area contributed by atoms with Crippen LogP contribution in [0, 0.1) is 12.7 Å². The zero-order valence-electron chi connectivity index (χ0n) is 10.7. The van der Waals surface area contributed by atoms with Gasteiger partial charge < -0.3 is 0 Å². The largest absolute Gasteiger partial charge is 0.240 e. The first-order valence-corrected chi connectivity index (χ1v) is 7.33. The van der Waals surface area contributed by atoms with Crippen LogP contribution in [0.15, 0.2) is 35.4 Å². The van der Waals surface area contributed by atoms with Crippen LogP contribution in [-0.2, 0) is 5.75 Å². The van der Waals surface area contributed by atoms with Crippen molar-refractivity contribution in [2.24, 2.45) is 0 Å². The van der Waals surface area contributed by atoms with Gasteiger partial charge in [0.1, 0.15) is 11.6 Å². The Bertz CT molecular complexity index is 575. The third kappa shape index (κ3) is 3.91. The Morgan fingerprint density at radius 2 is 2.21 bits per heavy atom. The van der Waals surface area contributed by atoms with Crippen LogP contribution in [0.5, 0.6) is 0 Å². The number of halogens is 2. The van der Waals surface area contributed by atoms with Crippen molar-refractivity contribution in [1.82, 2.24) is 9.97 Å². The molecule has 0 saturated carbocycles. The van der Waals surface area contributed by atoms with Crippen LogP contribution < -0.4 is 0 Å². The number of aryl methyl sites for hydroxylation is 1. The molecule has 5 heteroatoms. The van der Waals surface area contributed by atoms with Gasteiger partial charge in [0.2, 0.25) is 0 Å². The van der Waals surface area contributed by atoms with E-state index in [0.717, 1.165) is 22.0 Å². The smallest absolute Gasteiger partial charge is 0.138 e. The van der Waals surface area contributed by atoms with Gasteiger partial charge in [-0.2, -0.15) is 0 Å². The van der Waals surface area contributed by atoms with Gasteiger partial charge in [0, 0.05) is 22.3 Å². The van der Waals surface area contributed by atoms with E-state index in [4.69, 9.17) is 11.6 Å². The molecule has 0 amide bonds. The molecule has 1 heterocycles. The topological polar surface area (TPSA) is 25.8 Å². The van der Waals surface area contributed by atoms with Gasteiger partial charge in [-0.3, -0.25) is 0 Å². The number of benzene rings is 1. The molecule has 19 heavy (non-hydrogen) atoms. The van der Waals surface area contributed by atoms with Gasteiger partial charge in [0.25, 0.3) is 0 Å². The monoisotopic (exact) mass is 296 g/mol. The summed E-state index contributed by atoms with van der Waals surface area (Å²) in [6.45, 7) is 3.82. The molecule has 1 unspecified atom stereocenters. The first-order valence-electron chi connectivity index (χ1n) is 5.91. The lowest BCUT2D eigenvalue weighted by atomic mass is 10.2. The highest BCUT2D eigenvalue weighted by molar-refractivity contribution is 7.98. The minimum Gasteiger partial charge on any atom is -0.240 e. The second kappa shape index (κ2) is 6.35. The standard InChI is InChI=1S/C14H14ClFN2S/c1-9(15)13-7-17-14(18-10(13)2)8-19-12-5-3-4-11(16)6-12/h3-7,9H,8H2,1-2H3. The molecule has 2 rings (SSSR count). The van der Waals surface area contributed by atoms with Gasteiger partial charge in [-0.05, 0) is 32.0 Å². The zero-order valence-corrected chi connectivity index (χ0v) is 12.3. The van der Waals surface area contributed by atoms with Crippen LogP contribution in [0.1, 0.15) is 29.4 Å². The van der Waals surface area contributed by atoms with E-state index in [0.29, 0.717) is 5.75 Å². The molecular formula is C14H14ClFN2S. The van der Waals surface area contributed by atoms with E-state index in [9.17, 15) is 4.39 Å². The molecule has 0 bridgehead atoms. The molecule has 100 valence electrons. The predicted octanol–water partition coefficient (Wildman–Crippen LogP) is 4.52. The van der Waals surface area contributed by atoms with Crippen LogP contribution in [0.4, 0.5) is 4.39 Å². The zero-order chi connectivity index (χ0) is 13.8. The van der Waals surface area contributed by atoms with Crippen LogP contribution in [-0.4, -0.2) is 9.97 Å². The third-order valence-corrected chi connectivity index (χ3v) is 3.88. The van der Waals surface area contributed by atoms with E-state index < -0.39 is 0 Å². The maximum absolute atomic E-state index is 13.0. The third-order valence-electron chi connectivity index (χ3n) is 2.66. The van der Waals surface area contributed by atoms with Gasteiger partial charge >= 0.3 is 0 Å². The maximum atomic E-state index is 13.0. The molecule has 0 aliphatic heterocycles. The molecule has 0 saturated heterocycles. The molecule has 0 aliphatic rings. The first-order chi connectivity index (χ1) is 9.06. The van der Waals surface area contributed by atoms with Crippen molar-refractivity contribution in [1.29, 1.82) is 0 Å². The number of aromatic nitrogens is 2. The van der Waals surface area contributed by atoms with E-state index in [-0.39, 0.29) is 11.2 Å². The number of nitrogens with zero attached hydrogens (tertiary/aromatic N) is 2. The lowest BCUT2D eigenvalue weighted by Crippen LogP contribution is -2.00. The van der Waals surface area contributed by atoms with Crippen LogP contribution >= 0.6 is 23.4 Å². The average molecular weight is 297 g/mol. The lowest BCUT2D eigenvalue weighted by Gasteiger charge is -2.08. The maximum Gasteiger partial charge on any atom is 0.138 e. The normalized spacial score (nSPS) is 12.4. The highest BCUT2D eigenvalue weighted by Gasteiger charge is 2.08. The fraction of sp³-hybridized carbons (Fsp3) is 0.286. The summed E-state index contributed by atoms with van der Waals surface area (Å²) < 4.78 is 13.0. The molecule has 0 spiro atoms. The van der Waals surface area contributed by atoms with Gasteiger partial charge in [0.15, 0.2) is 0 Å². The number of rotatable bonds is 4. The predicted molar refractivity (Wildman–Crippen MR) is 77.0 cm³/mol. The fourth-order valence-electron chi connectivity index (χ4n) is 1.69. The van der Waals surface area contributed by atoms with Crippen LogP contribution in [0.2, 0.25) is 0 Å². The Kier molecular flexibility index (Phi) is 4.77. The summed E-state index contributed by atoms with van der Waals surface area (Å²) >= 11 is 7.54. The molecule has 1 atom stereocenters. The minimum absolute atomic E-state index is 0.0927. The highest BCUT2D eigenvalue weighted by atomic mass is 35.5. The minimum atomic E-state index is -0.228. The van der Waals surface area contributed by atoms with Crippen molar-refractivity contribution >= 4 is 23.4 Å². The van der Waals surface area contributed by atoms with Crippen molar-refractivity contribution in [3.63, 3.8) is 0 Å². The Labute approximate surface area is 121 Å².